The number of amides is 2. The van der Waals surface area contributed by atoms with Gasteiger partial charge in [0, 0.05) is 12.6 Å². The molecule has 2 atom stereocenters. The SMILES string of the molecule is CCC(C)NC(=O)C(CC)N(Cc1ccc(C)cc1)C(=O)CN(c1ccccc1C)S(C)(=O)=O. The van der Waals surface area contributed by atoms with Gasteiger partial charge in [-0.2, -0.15) is 0 Å². The number of hydrogen-bond acceptors (Lipinski definition) is 4. The van der Waals surface area contributed by atoms with Gasteiger partial charge in [0.1, 0.15) is 12.6 Å². The van der Waals surface area contributed by atoms with Crippen molar-refractivity contribution in [3.05, 3.63) is 65.2 Å². The van der Waals surface area contributed by atoms with Gasteiger partial charge in [-0.15, -0.1) is 0 Å². The molecular formula is C26H37N3O4S. The van der Waals surface area contributed by atoms with Gasteiger partial charge < -0.3 is 10.2 Å². The second-order valence-electron chi connectivity index (χ2n) is 8.81. The molecule has 2 aromatic rings. The molecule has 0 radical (unpaired) electrons. The van der Waals surface area contributed by atoms with E-state index in [9.17, 15) is 18.0 Å². The third-order valence-corrected chi connectivity index (χ3v) is 7.05. The van der Waals surface area contributed by atoms with Crippen molar-refractivity contribution in [2.75, 3.05) is 17.1 Å². The zero-order chi connectivity index (χ0) is 25.5. The van der Waals surface area contributed by atoms with Gasteiger partial charge >= 0.3 is 0 Å². The molecule has 2 rings (SSSR count). The van der Waals surface area contributed by atoms with Crippen LogP contribution < -0.4 is 9.62 Å². The molecule has 0 spiro atoms. The highest BCUT2D eigenvalue weighted by atomic mass is 32.2. The van der Waals surface area contributed by atoms with Crippen LogP contribution in [0.25, 0.3) is 0 Å². The van der Waals surface area contributed by atoms with Crippen molar-refractivity contribution >= 4 is 27.5 Å². The monoisotopic (exact) mass is 487 g/mol. The van der Waals surface area contributed by atoms with Crippen molar-refractivity contribution in [3.63, 3.8) is 0 Å². The molecule has 0 fully saturated rings. The Morgan fingerprint density at radius 1 is 0.971 bits per heavy atom. The van der Waals surface area contributed by atoms with E-state index in [-0.39, 0.29) is 25.0 Å². The Hall–Kier alpha value is -2.87. The maximum Gasteiger partial charge on any atom is 0.244 e. The lowest BCUT2D eigenvalue weighted by atomic mass is 10.1. The zero-order valence-electron chi connectivity index (χ0n) is 21.0. The molecule has 7 nitrogen and oxygen atoms in total. The van der Waals surface area contributed by atoms with Crippen LogP contribution in [0.15, 0.2) is 48.5 Å². The van der Waals surface area contributed by atoms with E-state index in [2.05, 4.69) is 5.32 Å². The van der Waals surface area contributed by atoms with E-state index >= 15 is 0 Å². The van der Waals surface area contributed by atoms with E-state index in [0.717, 1.165) is 33.7 Å². The summed E-state index contributed by atoms with van der Waals surface area (Å²) >= 11 is 0. The smallest absolute Gasteiger partial charge is 0.244 e. The number of para-hydroxylation sites is 1. The van der Waals surface area contributed by atoms with Gasteiger partial charge in [0.05, 0.1) is 11.9 Å². The predicted octanol–water partition coefficient (Wildman–Crippen LogP) is 3.79. The van der Waals surface area contributed by atoms with E-state index in [1.165, 1.54) is 4.90 Å². The van der Waals surface area contributed by atoms with Gasteiger partial charge in [-0.25, -0.2) is 8.42 Å². The molecule has 8 heteroatoms. The second-order valence-corrected chi connectivity index (χ2v) is 10.7. The molecule has 186 valence electrons. The van der Waals surface area contributed by atoms with Crippen molar-refractivity contribution in [3.8, 4) is 0 Å². The van der Waals surface area contributed by atoms with Crippen LogP contribution in [0.3, 0.4) is 0 Å². The third-order valence-electron chi connectivity index (χ3n) is 5.92. The molecule has 0 bridgehead atoms. The predicted molar refractivity (Wildman–Crippen MR) is 137 cm³/mol. The van der Waals surface area contributed by atoms with Gasteiger partial charge in [0.2, 0.25) is 21.8 Å². The van der Waals surface area contributed by atoms with Crippen LogP contribution in [0.4, 0.5) is 5.69 Å². The van der Waals surface area contributed by atoms with E-state index in [1.807, 2.05) is 58.0 Å². The van der Waals surface area contributed by atoms with E-state index in [0.29, 0.717) is 12.1 Å². The van der Waals surface area contributed by atoms with E-state index in [4.69, 9.17) is 0 Å². The normalized spacial score (nSPS) is 13.1. The number of hydrogen-bond donors (Lipinski definition) is 1. The number of nitrogens with one attached hydrogen (secondary N) is 1. The lowest BCUT2D eigenvalue weighted by Gasteiger charge is -2.33. The number of carbonyl (C=O) groups is 2. The average Bonchev–Trinajstić information content (AvgIpc) is 2.78. The highest BCUT2D eigenvalue weighted by molar-refractivity contribution is 7.92. The fraction of sp³-hybridized carbons (Fsp3) is 0.462. The number of anilines is 1. The first kappa shape index (κ1) is 27.4. The molecular weight excluding hydrogens is 450 g/mol. The Morgan fingerprint density at radius 3 is 2.12 bits per heavy atom. The molecule has 0 heterocycles. The fourth-order valence-corrected chi connectivity index (χ4v) is 4.60. The first-order valence-corrected chi connectivity index (χ1v) is 13.5. The Bertz CT molecular complexity index is 1080. The standard InChI is InChI=1S/C26H37N3O4S/c1-7-21(5)27-26(31)23(8-2)28(17-22-15-13-19(3)14-16-22)25(30)18-29(34(6,32)33)24-12-10-9-11-20(24)4/h9-16,21,23H,7-8,17-18H2,1-6H3,(H,27,31). The average molecular weight is 488 g/mol. The Morgan fingerprint density at radius 2 is 1.59 bits per heavy atom. The summed E-state index contributed by atoms with van der Waals surface area (Å²) in [7, 11) is -3.74. The van der Waals surface area contributed by atoms with Crippen LogP contribution in [-0.4, -0.2) is 50.0 Å². The lowest BCUT2D eigenvalue weighted by molar-refractivity contribution is -0.140. The molecule has 0 aromatic heterocycles. The zero-order valence-corrected chi connectivity index (χ0v) is 21.9. The van der Waals surface area contributed by atoms with E-state index < -0.39 is 22.0 Å². The molecule has 0 saturated heterocycles. The molecule has 0 aliphatic carbocycles. The molecule has 2 unspecified atom stereocenters. The topological polar surface area (TPSA) is 86.8 Å². The number of sulfonamides is 1. The lowest BCUT2D eigenvalue weighted by Crippen LogP contribution is -2.53. The Kier molecular flexibility index (Phi) is 9.67. The Balaban J connectivity index is 2.44. The molecule has 34 heavy (non-hydrogen) atoms. The van der Waals surface area contributed by atoms with Crippen molar-refractivity contribution in [1.82, 2.24) is 10.2 Å². The van der Waals surface area contributed by atoms with Crippen LogP contribution in [0, 0.1) is 13.8 Å². The van der Waals surface area contributed by atoms with Crippen LogP contribution in [0.2, 0.25) is 0 Å². The van der Waals surface area contributed by atoms with Crippen LogP contribution in [0.1, 0.15) is 50.3 Å². The van der Waals surface area contributed by atoms with Crippen LogP contribution in [0.5, 0.6) is 0 Å². The third kappa shape index (κ3) is 7.32. The number of aryl methyl sites for hydroxylation is 2. The maximum atomic E-state index is 13.7. The molecule has 2 amide bonds. The van der Waals surface area contributed by atoms with Crippen LogP contribution >= 0.6 is 0 Å². The summed E-state index contributed by atoms with van der Waals surface area (Å²) in [6.07, 6.45) is 2.26. The summed E-state index contributed by atoms with van der Waals surface area (Å²) in [6.45, 7) is 9.35. The first-order chi connectivity index (χ1) is 16.0. The van der Waals surface area contributed by atoms with Crippen molar-refractivity contribution in [2.45, 2.75) is 66.1 Å². The van der Waals surface area contributed by atoms with Crippen molar-refractivity contribution in [2.24, 2.45) is 0 Å². The van der Waals surface area contributed by atoms with Gasteiger partial charge in [0.15, 0.2) is 0 Å². The number of carbonyl (C=O) groups excluding carboxylic acids is 2. The minimum absolute atomic E-state index is 0.0302. The minimum Gasteiger partial charge on any atom is -0.352 e. The maximum absolute atomic E-state index is 13.7. The number of nitrogens with zero attached hydrogens (tertiary/aromatic N) is 2. The second kappa shape index (κ2) is 12.0. The number of rotatable bonds is 11. The van der Waals surface area contributed by atoms with Crippen molar-refractivity contribution in [1.29, 1.82) is 0 Å². The highest BCUT2D eigenvalue weighted by Gasteiger charge is 2.32. The van der Waals surface area contributed by atoms with E-state index in [1.54, 1.807) is 25.1 Å². The number of benzene rings is 2. The van der Waals surface area contributed by atoms with Gasteiger partial charge in [-0.05, 0) is 50.8 Å². The van der Waals surface area contributed by atoms with Gasteiger partial charge in [-0.1, -0.05) is 61.9 Å². The summed E-state index contributed by atoms with van der Waals surface area (Å²) < 4.78 is 26.5. The molecule has 0 saturated carbocycles. The summed E-state index contributed by atoms with van der Waals surface area (Å²) in [6, 6.07) is 14.0. The quantitative estimate of drug-likeness (QED) is 0.522. The van der Waals surface area contributed by atoms with Crippen LogP contribution in [-0.2, 0) is 26.2 Å². The molecule has 0 aliphatic heterocycles. The summed E-state index contributed by atoms with van der Waals surface area (Å²) in [4.78, 5) is 28.3. The molecule has 1 N–H and O–H groups in total. The van der Waals surface area contributed by atoms with Gasteiger partial charge in [0.25, 0.3) is 0 Å². The molecule has 2 aromatic carbocycles. The fourth-order valence-electron chi connectivity index (χ4n) is 3.69. The van der Waals surface area contributed by atoms with Crippen molar-refractivity contribution < 1.29 is 18.0 Å². The largest absolute Gasteiger partial charge is 0.352 e. The molecule has 0 aliphatic rings. The highest BCUT2D eigenvalue weighted by Crippen LogP contribution is 2.23. The van der Waals surface area contributed by atoms with Gasteiger partial charge in [-0.3, -0.25) is 13.9 Å². The summed E-state index contributed by atoms with van der Waals surface area (Å²) in [5, 5.41) is 2.97. The summed E-state index contributed by atoms with van der Waals surface area (Å²) in [5.41, 5.74) is 3.15. The minimum atomic E-state index is -3.74. The Labute approximate surface area is 204 Å². The summed E-state index contributed by atoms with van der Waals surface area (Å²) in [5.74, 6) is -0.667. The first-order valence-electron chi connectivity index (χ1n) is 11.7.